The van der Waals surface area contributed by atoms with Crippen LogP contribution in [0.25, 0.3) is 10.6 Å². The van der Waals surface area contributed by atoms with Crippen LogP contribution >= 0.6 is 22.9 Å². The zero-order valence-corrected chi connectivity index (χ0v) is 11.0. The van der Waals surface area contributed by atoms with Crippen LogP contribution in [0, 0.1) is 0 Å². The second-order valence-corrected chi connectivity index (χ2v) is 6.04. The lowest BCUT2D eigenvalue weighted by Crippen LogP contribution is -2.26. The Morgan fingerprint density at radius 2 is 2.41 bits per heavy atom. The topological polar surface area (TPSA) is 29.9 Å². The second kappa shape index (κ2) is 4.80. The van der Waals surface area contributed by atoms with Crippen molar-refractivity contribution < 1.29 is 0 Å². The summed E-state index contributed by atoms with van der Waals surface area (Å²) in [7, 11) is 0. The molecule has 1 N–H and O–H groups in total. The van der Waals surface area contributed by atoms with Crippen molar-refractivity contribution in [3.8, 4) is 10.6 Å². The molecule has 1 saturated heterocycles. The van der Waals surface area contributed by atoms with E-state index < -0.39 is 0 Å². The first-order valence-corrected chi connectivity index (χ1v) is 7.03. The van der Waals surface area contributed by atoms with Crippen molar-refractivity contribution in [1.82, 2.24) is 15.1 Å². The van der Waals surface area contributed by atoms with Gasteiger partial charge in [0.15, 0.2) is 0 Å². The molecule has 3 heterocycles. The average Bonchev–Trinajstić information content (AvgIpc) is 2.99. The van der Waals surface area contributed by atoms with Crippen LogP contribution in [0.3, 0.4) is 0 Å². The Morgan fingerprint density at radius 3 is 3.12 bits per heavy atom. The maximum absolute atomic E-state index is 5.93. The number of hydrogen-bond acceptors (Lipinski definition) is 3. The van der Waals surface area contributed by atoms with Gasteiger partial charge in [0.1, 0.15) is 5.69 Å². The molecule has 3 rings (SSSR count). The van der Waals surface area contributed by atoms with E-state index in [1.807, 2.05) is 23.0 Å². The van der Waals surface area contributed by atoms with Gasteiger partial charge in [-0.05, 0) is 37.6 Å². The molecule has 0 bridgehead atoms. The predicted molar refractivity (Wildman–Crippen MR) is 71.6 cm³/mol. The molecule has 17 heavy (non-hydrogen) atoms. The lowest BCUT2D eigenvalue weighted by atomic mass is 10.2. The summed E-state index contributed by atoms with van der Waals surface area (Å²) in [6.45, 7) is 2.10. The van der Waals surface area contributed by atoms with E-state index in [1.165, 1.54) is 12.8 Å². The number of rotatable bonds is 3. The maximum atomic E-state index is 5.93. The number of hydrogen-bond donors (Lipinski definition) is 1. The van der Waals surface area contributed by atoms with Crippen LogP contribution in [-0.4, -0.2) is 22.4 Å². The van der Waals surface area contributed by atoms with E-state index in [0.717, 1.165) is 28.0 Å². The van der Waals surface area contributed by atoms with Crippen LogP contribution in [0.1, 0.15) is 12.8 Å². The summed E-state index contributed by atoms with van der Waals surface area (Å²) in [6, 6.07) is 6.57. The van der Waals surface area contributed by atoms with Gasteiger partial charge in [-0.2, -0.15) is 5.10 Å². The first-order valence-electron chi connectivity index (χ1n) is 5.84. The Labute approximate surface area is 109 Å². The fraction of sp³-hybridized carbons (Fsp3) is 0.417. The maximum Gasteiger partial charge on any atom is 0.102 e. The first kappa shape index (κ1) is 11.3. The molecule has 2 aromatic heterocycles. The minimum absolute atomic E-state index is 0.578. The highest BCUT2D eigenvalue weighted by Crippen LogP contribution is 2.29. The molecule has 1 aliphatic heterocycles. The molecule has 0 aliphatic carbocycles. The summed E-state index contributed by atoms with van der Waals surface area (Å²) in [5, 5.41) is 8.06. The molecule has 0 unspecified atom stereocenters. The van der Waals surface area contributed by atoms with Gasteiger partial charge in [-0.15, -0.1) is 11.3 Å². The molecule has 0 spiro atoms. The molecule has 3 nitrogen and oxygen atoms in total. The van der Waals surface area contributed by atoms with Crippen molar-refractivity contribution in [2.24, 2.45) is 0 Å². The number of halogens is 1. The molecule has 0 amide bonds. The number of nitrogens with zero attached hydrogens (tertiary/aromatic N) is 2. The fourth-order valence-corrected chi connectivity index (χ4v) is 3.19. The van der Waals surface area contributed by atoms with Gasteiger partial charge in [-0.3, -0.25) is 4.68 Å². The van der Waals surface area contributed by atoms with Gasteiger partial charge in [0.2, 0.25) is 0 Å². The molecule has 2 aromatic rings. The van der Waals surface area contributed by atoms with E-state index in [2.05, 4.69) is 16.5 Å². The van der Waals surface area contributed by atoms with E-state index in [9.17, 15) is 0 Å². The number of thiophene rings is 1. The smallest absolute Gasteiger partial charge is 0.102 e. The Kier molecular flexibility index (Phi) is 3.18. The van der Waals surface area contributed by atoms with E-state index in [-0.39, 0.29) is 0 Å². The quantitative estimate of drug-likeness (QED) is 0.927. The summed E-state index contributed by atoms with van der Waals surface area (Å²) >= 11 is 7.50. The first-order chi connectivity index (χ1) is 8.31. The van der Waals surface area contributed by atoms with Crippen molar-refractivity contribution >= 4 is 22.9 Å². The Hall–Kier alpha value is -0.840. The van der Waals surface area contributed by atoms with Crippen molar-refractivity contribution in [3.05, 3.63) is 28.7 Å². The molecule has 0 aromatic carbocycles. The van der Waals surface area contributed by atoms with E-state index in [4.69, 9.17) is 11.6 Å². The van der Waals surface area contributed by atoms with Crippen molar-refractivity contribution in [1.29, 1.82) is 0 Å². The van der Waals surface area contributed by atoms with Crippen LogP contribution in [-0.2, 0) is 6.54 Å². The zero-order valence-electron chi connectivity index (χ0n) is 9.40. The van der Waals surface area contributed by atoms with Crippen LogP contribution in [0.15, 0.2) is 24.4 Å². The van der Waals surface area contributed by atoms with Crippen molar-refractivity contribution in [3.63, 3.8) is 0 Å². The fourth-order valence-electron chi connectivity index (χ4n) is 2.19. The van der Waals surface area contributed by atoms with Crippen LogP contribution < -0.4 is 5.32 Å². The average molecular weight is 268 g/mol. The lowest BCUT2D eigenvalue weighted by Gasteiger charge is -2.09. The van der Waals surface area contributed by atoms with E-state index >= 15 is 0 Å². The largest absolute Gasteiger partial charge is 0.312 e. The van der Waals surface area contributed by atoms with E-state index in [0.29, 0.717) is 6.04 Å². The summed E-state index contributed by atoms with van der Waals surface area (Å²) in [4.78, 5) is 1.13. The Bertz CT molecular complexity index is 499. The Morgan fingerprint density at radius 1 is 1.47 bits per heavy atom. The minimum atomic E-state index is 0.578. The third-order valence-electron chi connectivity index (χ3n) is 3.04. The van der Waals surface area contributed by atoms with Crippen molar-refractivity contribution in [2.45, 2.75) is 25.4 Å². The molecular weight excluding hydrogens is 254 g/mol. The SMILES string of the molecule is Clc1ccc(-c2ccn(C[C@@H]3CCCN3)n2)s1. The number of nitrogens with one attached hydrogen (secondary N) is 1. The van der Waals surface area contributed by atoms with Gasteiger partial charge >= 0.3 is 0 Å². The van der Waals surface area contributed by atoms with E-state index in [1.54, 1.807) is 11.3 Å². The molecule has 5 heteroatoms. The summed E-state index contributed by atoms with van der Waals surface area (Å²) < 4.78 is 2.83. The van der Waals surface area contributed by atoms with Crippen LogP contribution in [0.2, 0.25) is 4.34 Å². The van der Waals surface area contributed by atoms with Crippen molar-refractivity contribution in [2.75, 3.05) is 6.54 Å². The summed E-state index contributed by atoms with van der Waals surface area (Å²) in [6.07, 6.45) is 4.57. The third-order valence-corrected chi connectivity index (χ3v) is 4.29. The predicted octanol–water partition coefficient (Wildman–Crippen LogP) is 3.02. The molecule has 1 atom stereocenters. The van der Waals surface area contributed by atoms with Gasteiger partial charge in [0.25, 0.3) is 0 Å². The Balaban J connectivity index is 1.73. The molecular formula is C12H14ClN3S. The van der Waals surface area contributed by atoms with Gasteiger partial charge in [-0.25, -0.2) is 0 Å². The van der Waals surface area contributed by atoms with Crippen LogP contribution in [0.5, 0.6) is 0 Å². The summed E-state index contributed by atoms with van der Waals surface area (Å²) in [5.74, 6) is 0. The van der Waals surface area contributed by atoms with Gasteiger partial charge in [-0.1, -0.05) is 11.6 Å². The molecule has 1 aliphatic rings. The highest BCUT2D eigenvalue weighted by Gasteiger charge is 2.15. The number of aromatic nitrogens is 2. The standard InChI is InChI=1S/C12H14ClN3S/c13-12-4-3-11(17-12)10-5-7-16(15-10)8-9-2-1-6-14-9/h3-5,7,9,14H,1-2,6,8H2/t9-/m0/s1. The normalized spacial score (nSPS) is 19.9. The monoisotopic (exact) mass is 267 g/mol. The molecule has 90 valence electrons. The van der Waals surface area contributed by atoms with Gasteiger partial charge in [0, 0.05) is 12.2 Å². The van der Waals surface area contributed by atoms with Crippen LogP contribution in [0.4, 0.5) is 0 Å². The van der Waals surface area contributed by atoms with Gasteiger partial charge < -0.3 is 5.32 Å². The zero-order chi connectivity index (χ0) is 11.7. The third kappa shape index (κ3) is 2.54. The second-order valence-electron chi connectivity index (χ2n) is 4.32. The molecule has 0 radical (unpaired) electrons. The molecule has 0 saturated carbocycles. The molecule has 1 fully saturated rings. The summed E-state index contributed by atoms with van der Waals surface area (Å²) in [5.41, 5.74) is 1.01. The minimum Gasteiger partial charge on any atom is -0.312 e. The lowest BCUT2D eigenvalue weighted by molar-refractivity contribution is 0.477. The highest BCUT2D eigenvalue weighted by atomic mass is 35.5. The highest BCUT2D eigenvalue weighted by molar-refractivity contribution is 7.19. The van der Waals surface area contributed by atoms with Gasteiger partial charge in [0.05, 0.1) is 15.8 Å².